The normalized spacial score (nSPS) is 20.7. The van der Waals surface area contributed by atoms with E-state index in [2.05, 4.69) is 25.8 Å². The number of halogens is 1. The molecule has 1 aliphatic rings. The first kappa shape index (κ1) is 10.7. The molecule has 0 unspecified atom stereocenters. The van der Waals surface area contributed by atoms with Crippen LogP contribution in [0, 0.1) is 0 Å². The minimum absolute atomic E-state index is 0.235. The maximum Gasteiger partial charge on any atom is 0.138 e. The highest BCUT2D eigenvalue weighted by atomic mass is 79.9. The lowest BCUT2D eigenvalue weighted by atomic mass is 10.3. The summed E-state index contributed by atoms with van der Waals surface area (Å²) in [6.07, 6.45) is 2.29. The molecule has 0 bridgehead atoms. The maximum atomic E-state index is 9.43. The zero-order chi connectivity index (χ0) is 10.8. The van der Waals surface area contributed by atoms with E-state index in [1.165, 1.54) is 0 Å². The fourth-order valence-electron chi connectivity index (χ4n) is 1.69. The summed E-state index contributed by atoms with van der Waals surface area (Å²) < 4.78 is 6.04. The molecule has 2 rings (SSSR count). The van der Waals surface area contributed by atoms with Crippen molar-refractivity contribution in [3.63, 3.8) is 0 Å². The fraction of sp³-hybridized carbons (Fsp3) is 0.500. The second-order valence-electron chi connectivity index (χ2n) is 3.57. The van der Waals surface area contributed by atoms with Crippen LogP contribution in [0.5, 0.6) is 5.75 Å². The van der Waals surface area contributed by atoms with Crippen LogP contribution in [0.1, 0.15) is 6.42 Å². The average molecular weight is 273 g/mol. The predicted molar refractivity (Wildman–Crippen MR) is 61.3 cm³/mol. The molecule has 0 spiro atoms. The lowest BCUT2D eigenvalue weighted by Gasteiger charge is -2.17. The third-order valence-corrected chi connectivity index (χ3v) is 3.11. The van der Waals surface area contributed by atoms with Gasteiger partial charge in [0.2, 0.25) is 0 Å². The minimum Gasteiger partial charge on any atom is -0.495 e. The largest absolute Gasteiger partial charge is 0.495 e. The molecule has 0 amide bonds. The number of aliphatic hydroxyl groups excluding tert-OH is 1. The van der Waals surface area contributed by atoms with E-state index in [0.717, 1.165) is 29.0 Å². The Kier molecular flexibility index (Phi) is 3.11. The summed E-state index contributed by atoms with van der Waals surface area (Å²) in [7, 11) is 1.63. The van der Waals surface area contributed by atoms with Crippen molar-refractivity contribution in [1.29, 1.82) is 0 Å². The van der Waals surface area contributed by atoms with Crippen molar-refractivity contribution in [2.45, 2.75) is 12.5 Å². The Hall–Kier alpha value is -0.810. The molecule has 5 heteroatoms. The van der Waals surface area contributed by atoms with Crippen molar-refractivity contribution in [3.05, 3.63) is 16.7 Å². The van der Waals surface area contributed by atoms with Gasteiger partial charge in [-0.1, -0.05) is 0 Å². The van der Waals surface area contributed by atoms with E-state index in [9.17, 15) is 5.11 Å². The Morgan fingerprint density at radius 1 is 1.67 bits per heavy atom. The summed E-state index contributed by atoms with van der Waals surface area (Å²) in [6, 6.07) is 1.88. The molecule has 1 saturated heterocycles. The van der Waals surface area contributed by atoms with Gasteiger partial charge in [0.25, 0.3) is 0 Å². The lowest BCUT2D eigenvalue weighted by Crippen LogP contribution is -2.22. The van der Waals surface area contributed by atoms with Crippen LogP contribution >= 0.6 is 15.9 Å². The Bertz CT molecular complexity index is 359. The molecule has 1 aliphatic heterocycles. The molecule has 0 aliphatic carbocycles. The van der Waals surface area contributed by atoms with Crippen LogP contribution in [0.3, 0.4) is 0 Å². The average Bonchev–Trinajstić information content (AvgIpc) is 2.66. The van der Waals surface area contributed by atoms with Crippen LogP contribution in [0.4, 0.5) is 5.82 Å². The van der Waals surface area contributed by atoms with E-state index in [-0.39, 0.29) is 6.10 Å². The molecule has 0 aromatic carbocycles. The lowest BCUT2D eigenvalue weighted by molar-refractivity contribution is 0.198. The second-order valence-corrected chi connectivity index (χ2v) is 4.42. The van der Waals surface area contributed by atoms with Crippen LogP contribution in [0.2, 0.25) is 0 Å². The topological polar surface area (TPSA) is 45.6 Å². The molecule has 1 aromatic rings. The van der Waals surface area contributed by atoms with Crippen LogP contribution < -0.4 is 9.64 Å². The summed E-state index contributed by atoms with van der Waals surface area (Å²) >= 11 is 3.36. The highest BCUT2D eigenvalue weighted by Gasteiger charge is 2.21. The first-order valence-electron chi connectivity index (χ1n) is 4.83. The van der Waals surface area contributed by atoms with Gasteiger partial charge in [-0.2, -0.15) is 0 Å². The summed E-state index contributed by atoms with van der Waals surface area (Å²) in [6.45, 7) is 1.50. The van der Waals surface area contributed by atoms with Gasteiger partial charge in [0.1, 0.15) is 11.6 Å². The van der Waals surface area contributed by atoms with Crippen LogP contribution in [-0.4, -0.2) is 36.4 Å². The molecule has 0 radical (unpaired) electrons. The van der Waals surface area contributed by atoms with E-state index >= 15 is 0 Å². The molecule has 82 valence electrons. The quantitative estimate of drug-likeness (QED) is 0.885. The van der Waals surface area contributed by atoms with Crippen molar-refractivity contribution < 1.29 is 9.84 Å². The molecular formula is C10H13BrN2O2. The third kappa shape index (κ3) is 2.23. The zero-order valence-corrected chi connectivity index (χ0v) is 10.1. The van der Waals surface area contributed by atoms with Gasteiger partial charge >= 0.3 is 0 Å². The number of β-amino-alcohol motifs (C(OH)–C–C–N with tert-alkyl or cyclic N) is 1. The molecule has 15 heavy (non-hydrogen) atoms. The second kappa shape index (κ2) is 4.37. The number of pyridine rings is 1. The van der Waals surface area contributed by atoms with Gasteiger partial charge < -0.3 is 14.7 Å². The van der Waals surface area contributed by atoms with E-state index < -0.39 is 0 Å². The number of methoxy groups -OCH3 is 1. The number of aromatic nitrogens is 1. The number of hydrogen-bond donors (Lipinski definition) is 1. The summed E-state index contributed by atoms with van der Waals surface area (Å²) in [5.74, 6) is 1.62. The third-order valence-electron chi connectivity index (χ3n) is 2.51. The maximum absolute atomic E-state index is 9.43. The summed E-state index contributed by atoms with van der Waals surface area (Å²) in [4.78, 5) is 6.35. The van der Waals surface area contributed by atoms with Crippen molar-refractivity contribution in [1.82, 2.24) is 4.98 Å². The molecule has 1 fully saturated rings. The van der Waals surface area contributed by atoms with Gasteiger partial charge in [-0.05, 0) is 22.4 Å². The Morgan fingerprint density at radius 3 is 3.07 bits per heavy atom. The van der Waals surface area contributed by atoms with Gasteiger partial charge in [0, 0.05) is 25.4 Å². The van der Waals surface area contributed by atoms with Crippen molar-refractivity contribution in [2.24, 2.45) is 0 Å². The van der Waals surface area contributed by atoms with Crippen LogP contribution in [0.25, 0.3) is 0 Å². The summed E-state index contributed by atoms with van der Waals surface area (Å²) in [5, 5.41) is 9.43. The van der Waals surface area contributed by atoms with E-state index in [1.807, 2.05) is 6.07 Å². The first-order valence-corrected chi connectivity index (χ1v) is 5.62. The van der Waals surface area contributed by atoms with Gasteiger partial charge in [0.05, 0.1) is 17.7 Å². The Labute approximate surface area is 97.0 Å². The standard InChI is InChI=1S/C10H13BrN2O2/c1-15-9-4-10(12-5-8(9)11)13-3-2-7(14)6-13/h4-5,7,14H,2-3,6H2,1H3/t7-/m0/s1. The zero-order valence-electron chi connectivity index (χ0n) is 8.48. The highest BCUT2D eigenvalue weighted by molar-refractivity contribution is 9.10. The van der Waals surface area contributed by atoms with Crippen molar-refractivity contribution in [3.8, 4) is 5.75 Å². The number of nitrogens with zero attached hydrogens (tertiary/aromatic N) is 2. The molecule has 0 saturated carbocycles. The number of aliphatic hydroxyl groups is 1. The number of rotatable bonds is 2. The Morgan fingerprint density at radius 2 is 2.47 bits per heavy atom. The fourth-order valence-corrected chi connectivity index (χ4v) is 2.07. The van der Waals surface area contributed by atoms with E-state index in [4.69, 9.17) is 4.74 Å². The molecule has 1 aromatic heterocycles. The van der Waals surface area contributed by atoms with Gasteiger partial charge in [-0.15, -0.1) is 0 Å². The van der Waals surface area contributed by atoms with E-state index in [0.29, 0.717) is 6.54 Å². The monoisotopic (exact) mass is 272 g/mol. The highest BCUT2D eigenvalue weighted by Crippen LogP contribution is 2.28. The van der Waals surface area contributed by atoms with Crippen LogP contribution in [0.15, 0.2) is 16.7 Å². The van der Waals surface area contributed by atoms with Gasteiger partial charge in [0.15, 0.2) is 0 Å². The van der Waals surface area contributed by atoms with Crippen LogP contribution in [-0.2, 0) is 0 Å². The molecule has 2 heterocycles. The molecule has 4 nitrogen and oxygen atoms in total. The molecule has 1 N–H and O–H groups in total. The minimum atomic E-state index is -0.235. The molecule has 1 atom stereocenters. The van der Waals surface area contributed by atoms with E-state index in [1.54, 1.807) is 13.3 Å². The number of ether oxygens (including phenoxy) is 1. The van der Waals surface area contributed by atoms with Crippen molar-refractivity contribution in [2.75, 3.05) is 25.1 Å². The first-order chi connectivity index (χ1) is 7.20. The SMILES string of the molecule is COc1cc(N2CC[C@H](O)C2)ncc1Br. The molecular weight excluding hydrogens is 260 g/mol. The predicted octanol–water partition coefficient (Wildman–Crippen LogP) is 1.42. The number of anilines is 1. The summed E-state index contributed by atoms with van der Waals surface area (Å²) in [5.41, 5.74) is 0. The smallest absolute Gasteiger partial charge is 0.138 e. The Balaban J connectivity index is 2.21. The number of hydrogen-bond acceptors (Lipinski definition) is 4. The van der Waals surface area contributed by atoms with Crippen molar-refractivity contribution >= 4 is 21.7 Å². The van der Waals surface area contributed by atoms with Gasteiger partial charge in [-0.3, -0.25) is 0 Å². The van der Waals surface area contributed by atoms with Gasteiger partial charge in [-0.25, -0.2) is 4.98 Å².